The maximum atomic E-state index is 13.3. The molecule has 1 atom stereocenters. The van der Waals surface area contributed by atoms with Gasteiger partial charge in [0.15, 0.2) is 0 Å². The van der Waals surface area contributed by atoms with E-state index in [1.165, 1.54) is 6.07 Å². The summed E-state index contributed by atoms with van der Waals surface area (Å²) in [5.74, 6) is 0.703. The van der Waals surface area contributed by atoms with E-state index in [0.29, 0.717) is 29.7 Å². The number of alkyl halides is 3. The molecule has 1 aromatic carbocycles. The molecule has 0 radical (unpaired) electrons. The van der Waals surface area contributed by atoms with Crippen molar-refractivity contribution in [3.05, 3.63) is 29.8 Å². The molecule has 0 N–H and O–H groups in total. The summed E-state index contributed by atoms with van der Waals surface area (Å²) < 4.78 is 45.5. The number of morpholine rings is 1. The number of benzene rings is 1. The Morgan fingerprint density at radius 2 is 1.76 bits per heavy atom. The number of hydrogen-bond donors (Lipinski definition) is 0. The Morgan fingerprint density at radius 3 is 2.31 bits per heavy atom. The van der Waals surface area contributed by atoms with Gasteiger partial charge >= 0.3 is 6.18 Å². The summed E-state index contributed by atoms with van der Waals surface area (Å²) >= 11 is 5.81. The number of nitrogens with zero attached hydrogens (tertiary/aromatic N) is 3. The fourth-order valence-corrected chi connectivity index (χ4v) is 4.25. The molecular weight excluding hydrogens is 399 g/mol. The van der Waals surface area contributed by atoms with E-state index in [2.05, 4.69) is 4.90 Å². The first-order valence-corrected chi connectivity index (χ1v) is 10.2. The van der Waals surface area contributed by atoms with E-state index in [9.17, 15) is 13.2 Å². The number of ether oxygens (including phenoxy) is 1. The zero-order valence-corrected chi connectivity index (χ0v) is 18.3. The third-order valence-electron chi connectivity index (χ3n) is 5.20. The highest BCUT2D eigenvalue weighted by atomic mass is 32.1. The summed E-state index contributed by atoms with van der Waals surface area (Å²) in [6.45, 7) is 12.7. The van der Waals surface area contributed by atoms with Crippen LogP contribution in [-0.4, -0.2) is 53.6 Å². The van der Waals surface area contributed by atoms with Crippen molar-refractivity contribution in [2.45, 2.75) is 52.4 Å². The average Bonchev–Trinajstić information content (AvgIpc) is 2.79. The predicted octanol–water partition coefficient (Wildman–Crippen LogP) is 4.78. The molecule has 2 heterocycles. The van der Waals surface area contributed by atoms with Crippen LogP contribution in [0.3, 0.4) is 0 Å². The van der Waals surface area contributed by atoms with Crippen molar-refractivity contribution >= 4 is 28.7 Å². The van der Waals surface area contributed by atoms with Crippen LogP contribution in [0.2, 0.25) is 0 Å². The molecule has 1 aromatic rings. The maximum absolute atomic E-state index is 13.3. The lowest BCUT2D eigenvalue weighted by atomic mass is 9.85. The van der Waals surface area contributed by atoms with Gasteiger partial charge in [0, 0.05) is 24.2 Å². The van der Waals surface area contributed by atoms with Crippen LogP contribution in [-0.2, 0) is 10.9 Å². The SMILES string of the molecule is CC(C)(C)N=C1C(N2CCOCC2)C(C)(C)C(=S)N1c1cccc(C(F)(F)F)c1. The van der Waals surface area contributed by atoms with Gasteiger partial charge in [0.2, 0.25) is 0 Å². The first kappa shape index (κ1) is 22.2. The van der Waals surface area contributed by atoms with Crippen LogP contribution in [0.15, 0.2) is 29.3 Å². The Balaban J connectivity index is 2.15. The molecule has 0 aromatic heterocycles. The maximum Gasteiger partial charge on any atom is 0.416 e. The second-order valence-electron chi connectivity index (χ2n) is 9.10. The van der Waals surface area contributed by atoms with Crippen LogP contribution in [0.1, 0.15) is 40.2 Å². The van der Waals surface area contributed by atoms with E-state index in [0.717, 1.165) is 25.2 Å². The number of halogens is 3. The van der Waals surface area contributed by atoms with Gasteiger partial charge in [-0.1, -0.05) is 32.1 Å². The van der Waals surface area contributed by atoms with Crippen LogP contribution in [0.4, 0.5) is 18.9 Å². The predicted molar refractivity (Wildman–Crippen MR) is 114 cm³/mol. The minimum Gasteiger partial charge on any atom is -0.379 e. The van der Waals surface area contributed by atoms with Crippen molar-refractivity contribution in [1.82, 2.24) is 4.90 Å². The first-order chi connectivity index (χ1) is 13.3. The lowest BCUT2D eigenvalue weighted by Crippen LogP contribution is -2.52. The summed E-state index contributed by atoms with van der Waals surface area (Å²) in [5.41, 5.74) is -1.17. The Hall–Kier alpha value is -1.51. The molecule has 160 valence electrons. The first-order valence-electron chi connectivity index (χ1n) is 9.76. The summed E-state index contributed by atoms with van der Waals surface area (Å²) in [7, 11) is 0. The van der Waals surface area contributed by atoms with Crippen LogP contribution in [0.5, 0.6) is 0 Å². The zero-order valence-electron chi connectivity index (χ0n) is 17.5. The van der Waals surface area contributed by atoms with Gasteiger partial charge in [-0.25, -0.2) is 0 Å². The number of anilines is 1. The highest BCUT2D eigenvalue weighted by Crippen LogP contribution is 2.42. The summed E-state index contributed by atoms with van der Waals surface area (Å²) in [5, 5.41) is 0. The molecule has 0 amide bonds. The Labute approximate surface area is 175 Å². The van der Waals surface area contributed by atoms with E-state index in [4.69, 9.17) is 21.9 Å². The topological polar surface area (TPSA) is 28.1 Å². The summed E-state index contributed by atoms with van der Waals surface area (Å²) in [6.07, 6.45) is -4.42. The molecule has 0 saturated carbocycles. The molecule has 2 saturated heterocycles. The van der Waals surface area contributed by atoms with Gasteiger partial charge in [0.1, 0.15) is 5.84 Å². The van der Waals surface area contributed by atoms with E-state index >= 15 is 0 Å². The number of hydrogen-bond acceptors (Lipinski definition) is 4. The Kier molecular flexibility index (Phi) is 5.84. The monoisotopic (exact) mass is 427 g/mol. The van der Waals surface area contributed by atoms with Gasteiger partial charge in [-0.15, -0.1) is 0 Å². The number of aliphatic imine (C=N–C) groups is 1. The largest absolute Gasteiger partial charge is 0.416 e. The summed E-state index contributed by atoms with van der Waals surface area (Å²) in [4.78, 5) is 9.56. The highest BCUT2D eigenvalue weighted by Gasteiger charge is 2.52. The average molecular weight is 428 g/mol. The van der Waals surface area contributed by atoms with Crippen molar-refractivity contribution in [2.75, 3.05) is 31.2 Å². The van der Waals surface area contributed by atoms with Crippen LogP contribution < -0.4 is 4.90 Å². The molecule has 29 heavy (non-hydrogen) atoms. The molecule has 2 aliphatic rings. The van der Waals surface area contributed by atoms with Gasteiger partial charge < -0.3 is 4.74 Å². The quantitative estimate of drug-likeness (QED) is 0.635. The molecular formula is C21H28F3N3OS. The molecule has 2 fully saturated rings. The normalized spacial score (nSPS) is 25.1. The van der Waals surface area contributed by atoms with Crippen LogP contribution >= 0.6 is 12.2 Å². The minimum atomic E-state index is -4.42. The van der Waals surface area contributed by atoms with Crippen molar-refractivity contribution < 1.29 is 17.9 Å². The van der Waals surface area contributed by atoms with Crippen LogP contribution in [0, 0.1) is 5.41 Å². The number of thiocarbonyl (C=S) groups is 1. The standard InChI is InChI=1S/C21H28F3N3OS/c1-19(2,3)25-17-16(26-9-11-28-12-10-26)20(4,5)18(29)27(17)15-8-6-7-14(13-15)21(22,23)24/h6-8,13,16H,9-12H2,1-5H3. The molecule has 0 aliphatic carbocycles. The number of rotatable bonds is 2. The highest BCUT2D eigenvalue weighted by molar-refractivity contribution is 7.80. The third kappa shape index (κ3) is 4.49. The summed E-state index contributed by atoms with van der Waals surface area (Å²) in [6, 6.07) is 5.19. The second kappa shape index (κ2) is 7.63. The van der Waals surface area contributed by atoms with Gasteiger partial charge in [-0.3, -0.25) is 14.8 Å². The van der Waals surface area contributed by atoms with E-state index in [-0.39, 0.29) is 6.04 Å². The van der Waals surface area contributed by atoms with Crippen molar-refractivity contribution in [3.8, 4) is 0 Å². The lowest BCUT2D eigenvalue weighted by Gasteiger charge is -2.38. The van der Waals surface area contributed by atoms with Gasteiger partial charge in [-0.05, 0) is 39.0 Å². The molecule has 2 aliphatic heterocycles. The van der Waals surface area contributed by atoms with E-state index < -0.39 is 22.7 Å². The smallest absolute Gasteiger partial charge is 0.379 e. The lowest BCUT2D eigenvalue weighted by molar-refractivity contribution is -0.137. The van der Waals surface area contributed by atoms with Crippen LogP contribution in [0.25, 0.3) is 0 Å². The van der Waals surface area contributed by atoms with Crippen molar-refractivity contribution in [2.24, 2.45) is 10.4 Å². The molecule has 4 nitrogen and oxygen atoms in total. The molecule has 0 bridgehead atoms. The fraction of sp³-hybridized carbons (Fsp3) is 0.619. The fourth-order valence-electron chi connectivity index (χ4n) is 3.94. The van der Waals surface area contributed by atoms with Gasteiger partial charge in [0.05, 0.1) is 35.3 Å². The molecule has 1 unspecified atom stereocenters. The van der Waals surface area contributed by atoms with Crippen molar-refractivity contribution in [3.63, 3.8) is 0 Å². The van der Waals surface area contributed by atoms with E-state index in [1.54, 1.807) is 11.0 Å². The molecule has 3 rings (SSSR count). The van der Waals surface area contributed by atoms with Gasteiger partial charge in [-0.2, -0.15) is 13.2 Å². The third-order valence-corrected chi connectivity index (χ3v) is 5.91. The van der Waals surface area contributed by atoms with E-state index in [1.807, 2.05) is 34.6 Å². The number of amidine groups is 1. The molecule has 8 heteroatoms. The van der Waals surface area contributed by atoms with Crippen molar-refractivity contribution in [1.29, 1.82) is 0 Å². The second-order valence-corrected chi connectivity index (χ2v) is 9.49. The Morgan fingerprint density at radius 1 is 1.14 bits per heavy atom. The minimum absolute atomic E-state index is 0.132. The molecule has 0 spiro atoms. The Bertz CT molecular complexity index is 808. The zero-order chi connectivity index (χ0) is 21.6. The van der Waals surface area contributed by atoms with Gasteiger partial charge in [0.25, 0.3) is 0 Å².